The molecule has 0 saturated heterocycles. The first-order valence-electron chi connectivity index (χ1n) is 8.69. The second-order valence-corrected chi connectivity index (χ2v) is 9.71. The molecule has 0 aromatic heterocycles. The lowest BCUT2D eigenvalue weighted by molar-refractivity contribution is -0.138. The number of ether oxygens (including phenoxy) is 1. The van der Waals surface area contributed by atoms with Gasteiger partial charge >= 0.3 is 13.8 Å². The summed E-state index contributed by atoms with van der Waals surface area (Å²) in [5.41, 5.74) is 4.43. The van der Waals surface area contributed by atoms with Crippen LogP contribution in [0.3, 0.4) is 0 Å². The summed E-state index contributed by atoms with van der Waals surface area (Å²) in [5, 5.41) is 18.9. The molecule has 1 rings (SSSR count). The number of nitrogens with two attached hydrogens (primary N) is 1. The number of phenolic OH excluding ortho intramolecular Hbond substituents is 1. The molecule has 0 heterocycles. The summed E-state index contributed by atoms with van der Waals surface area (Å²) in [6.07, 6.45) is 0.0493. The van der Waals surface area contributed by atoms with E-state index in [0.29, 0.717) is 5.56 Å². The lowest BCUT2D eigenvalue weighted by atomic mass is 10.1. The maximum absolute atomic E-state index is 12.9. The lowest BCUT2D eigenvalue weighted by Gasteiger charge is -2.30. The largest absolute Gasteiger partial charge is 0.504 e. The first-order valence-corrected chi connectivity index (χ1v) is 10.2. The van der Waals surface area contributed by atoms with Crippen LogP contribution in [0.15, 0.2) is 18.2 Å². The molecule has 1 aromatic carbocycles. The molecule has 0 radical (unpaired) electrons. The maximum Gasteiger partial charge on any atom is 0.478 e. The smallest absolute Gasteiger partial charge is 0.478 e. The van der Waals surface area contributed by atoms with Gasteiger partial charge in [-0.3, -0.25) is 13.8 Å². The molecule has 1 aromatic rings. The highest BCUT2D eigenvalue weighted by Crippen LogP contribution is 2.55. The van der Waals surface area contributed by atoms with Crippen LogP contribution in [0.1, 0.15) is 47.1 Å². The van der Waals surface area contributed by atoms with E-state index in [-0.39, 0.29) is 17.9 Å². The zero-order valence-corrected chi connectivity index (χ0v) is 18.0. The van der Waals surface area contributed by atoms with Crippen LogP contribution in [0.2, 0.25) is 0 Å². The summed E-state index contributed by atoms with van der Waals surface area (Å²) in [5.74, 6) is -1.31. The fourth-order valence-electron chi connectivity index (χ4n) is 2.05. The van der Waals surface area contributed by atoms with Gasteiger partial charge in [0.15, 0.2) is 11.5 Å². The Hall–Kier alpha value is -1.64. The van der Waals surface area contributed by atoms with Gasteiger partial charge in [0.05, 0.1) is 11.2 Å². The predicted molar refractivity (Wildman–Crippen MR) is 103 cm³/mol. The number of carboxylic acid groups (broad SMARTS) is 1. The Morgan fingerprint density at radius 3 is 2.11 bits per heavy atom. The minimum absolute atomic E-state index is 0.0493. The number of aromatic hydroxyl groups is 1. The molecular formula is C18H30NO8P. The number of carboxylic acids is 1. The van der Waals surface area contributed by atoms with Crippen LogP contribution in [0, 0.1) is 0 Å². The van der Waals surface area contributed by atoms with E-state index >= 15 is 0 Å². The first-order chi connectivity index (χ1) is 12.6. The molecule has 0 aliphatic rings. The van der Waals surface area contributed by atoms with Crippen LogP contribution < -0.4 is 10.5 Å². The van der Waals surface area contributed by atoms with E-state index in [0.717, 1.165) is 0 Å². The zero-order valence-electron chi connectivity index (χ0n) is 17.1. The number of hydrogen-bond donors (Lipinski definition) is 3. The van der Waals surface area contributed by atoms with E-state index in [1.54, 1.807) is 47.6 Å². The van der Waals surface area contributed by atoms with E-state index in [2.05, 4.69) is 0 Å². The van der Waals surface area contributed by atoms with Crippen LogP contribution in [-0.2, 0) is 29.4 Å². The van der Waals surface area contributed by atoms with Crippen molar-refractivity contribution in [3.63, 3.8) is 0 Å². The van der Waals surface area contributed by atoms with Crippen molar-refractivity contribution in [3.8, 4) is 11.5 Å². The molecular weight excluding hydrogens is 389 g/mol. The van der Waals surface area contributed by atoms with Gasteiger partial charge in [-0.1, -0.05) is 6.07 Å². The number of carbonyl (C=O) groups is 1. The summed E-state index contributed by atoms with van der Waals surface area (Å²) in [6.45, 7) is 9.77. The van der Waals surface area contributed by atoms with E-state index < -0.39 is 37.8 Å². The van der Waals surface area contributed by atoms with Crippen molar-refractivity contribution in [2.24, 2.45) is 5.73 Å². The Kier molecular flexibility index (Phi) is 8.05. The molecule has 4 N–H and O–H groups in total. The van der Waals surface area contributed by atoms with Crippen LogP contribution in [0.5, 0.6) is 11.5 Å². The molecule has 0 aliphatic carbocycles. The molecule has 0 aliphatic heterocycles. The predicted octanol–water partition coefficient (Wildman–Crippen LogP) is 3.44. The van der Waals surface area contributed by atoms with Gasteiger partial charge in [0.1, 0.15) is 6.04 Å². The van der Waals surface area contributed by atoms with Crippen LogP contribution >= 0.6 is 7.82 Å². The summed E-state index contributed by atoms with van der Waals surface area (Å²) < 4.78 is 34.4. The lowest BCUT2D eigenvalue weighted by Crippen LogP contribution is -2.32. The molecule has 1 atom stereocenters. The fourth-order valence-corrected chi connectivity index (χ4v) is 3.72. The molecule has 1 unspecified atom stereocenters. The topological polar surface area (TPSA) is 138 Å². The normalized spacial score (nSPS) is 14.0. The van der Waals surface area contributed by atoms with Crippen molar-refractivity contribution in [1.82, 2.24) is 0 Å². The number of benzene rings is 1. The minimum Gasteiger partial charge on any atom is -0.504 e. The third-order valence-corrected chi connectivity index (χ3v) is 4.96. The maximum atomic E-state index is 12.9. The second-order valence-electron chi connectivity index (χ2n) is 8.20. The van der Waals surface area contributed by atoms with Gasteiger partial charge in [0.25, 0.3) is 0 Å². The molecule has 0 fully saturated rings. The van der Waals surface area contributed by atoms with Gasteiger partial charge in [0, 0.05) is 0 Å². The van der Waals surface area contributed by atoms with Gasteiger partial charge < -0.3 is 20.7 Å². The summed E-state index contributed by atoms with van der Waals surface area (Å²) in [4.78, 5) is 10.8. The Bertz CT molecular complexity index is 703. The van der Waals surface area contributed by atoms with Gasteiger partial charge in [-0.25, -0.2) is 9.09 Å². The van der Waals surface area contributed by atoms with Crippen molar-refractivity contribution >= 4 is 13.8 Å². The van der Waals surface area contributed by atoms with Crippen molar-refractivity contribution in [2.75, 3.05) is 6.79 Å². The molecule has 160 valence electrons. The fraction of sp³-hybridized carbons (Fsp3) is 0.611. The van der Waals surface area contributed by atoms with Crippen molar-refractivity contribution in [2.45, 2.75) is 65.2 Å². The highest BCUT2D eigenvalue weighted by molar-refractivity contribution is 7.48. The van der Waals surface area contributed by atoms with Crippen LogP contribution in [0.4, 0.5) is 0 Å². The van der Waals surface area contributed by atoms with E-state index in [9.17, 15) is 14.5 Å². The standard InChI is InChI=1S/C18H30NO8P/c1-17(2,3)26-28(23,27-18(4,5)6)25-11-24-15-8-7-12(10-14(15)20)9-13(19)16(21)22/h7-8,10,13,20H,9,11,19H2,1-6H3,(H,21,22). The van der Waals surface area contributed by atoms with Gasteiger partial charge in [-0.05, 0) is 65.7 Å². The average Bonchev–Trinajstić information content (AvgIpc) is 2.45. The van der Waals surface area contributed by atoms with E-state index in [4.69, 9.17) is 29.1 Å². The number of phosphoric ester groups is 1. The SMILES string of the molecule is CC(C)(C)OP(=O)(OCOc1ccc(CC(N)C(=O)O)cc1O)OC(C)(C)C. The highest BCUT2D eigenvalue weighted by atomic mass is 31.2. The summed E-state index contributed by atoms with van der Waals surface area (Å²) in [7, 11) is -3.94. The molecule has 10 heteroatoms. The van der Waals surface area contributed by atoms with Crippen LogP contribution in [-0.4, -0.2) is 40.2 Å². The third-order valence-electron chi connectivity index (χ3n) is 2.99. The Labute approximate surface area is 165 Å². The molecule has 0 amide bonds. The minimum atomic E-state index is -3.94. The summed E-state index contributed by atoms with van der Waals surface area (Å²) in [6, 6.07) is 3.26. The molecule has 28 heavy (non-hydrogen) atoms. The quantitative estimate of drug-likeness (QED) is 0.406. The van der Waals surface area contributed by atoms with Crippen LogP contribution in [0.25, 0.3) is 0 Å². The van der Waals surface area contributed by atoms with Gasteiger partial charge in [0.2, 0.25) is 6.79 Å². The zero-order chi connectivity index (χ0) is 21.8. The molecule has 0 bridgehead atoms. The molecule has 0 spiro atoms. The van der Waals surface area contributed by atoms with Crippen molar-refractivity contribution in [3.05, 3.63) is 23.8 Å². The highest BCUT2D eigenvalue weighted by Gasteiger charge is 2.37. The number of phenols is 1. The number of phosphoric acid groups is 1. The molecule has 0 saturated carbocycles. The second kappa shape index (κ2) is 9.24. The first kappa shape index (κ1) is 24.4. The number of aliphatic carboxylic acids is 1. The number of rotatable bonds is 9. The van der Waals surface area contributed by atoms with Crippen molar-refractivity contribution < 1.29 is 37.9 Å². The Morgan fingerprint density at radius 2 is 1.68 bits per heavy atom. The van der Waals surface area contributed by atoms with Gasteiger partial charge in [-0.15, -0.1) is 0 Å². The van der Waals surface area contributed by atoms with Crippen molar-refractivity contribution in [1.29, 1.82) is 0 Å². The molecule has 9 nitrogen and oxygen atoms in total. The van der Waals surface area contributed by atoms with Gasteiger partial charge in [-0.2, -0.15) is 0 Å². The number of hydrogen-bond acceptors (Lipinski definition) is 8. The Balaban J connectivity index is 2.78. The monoisotopic (exact) mass is 419 g/mol. The van der Waals surface area contributed by atoms with E-state index in [1.165, 1.54) is 12.1 Å². The van der Waals surface area contributed by atoms with E-state index in [1.807, 2.05) is 0 Å². The Morgan fingerprint density at radius 1 is 1.14 bits per heavy atom. The summed E-state index contributed by atoms with van der Waals surface area (Å²) >= 11 is 0. The average molecular weight is 419 g/mol. The third kappa shape index (κ3) is 9.03.